The van der Waals surface area contributed by atoms with Crippen molar-refractivity contribution < 1.29 is 21.6 Å². The maximum absolute atomic E-state index is 12.0. The number of sulfone groups is 1. The molecule has 7 nitrogen and oxygen atoms in total. The molecule has 0 aliphatic rings. The maximum atomic E-state index is 12.0. The van der Waals surface area contributed by atoms with Gasteiger partial charge in [-0.15, -0.1) is 0 Å². The van der Waals surface area contributed by atoms with Crippen molar-refractivity contribution in [1.29, 1.82) is 0 Å². The SMILES string of the molecule is CCC(C)NC(=O)c1cc(S(C)(=O)=O)cc(S(N)(=O)=O)c1. The Balaban J connectivity index is 3.43. The van der Waals surface area contributed by atoms with Gasteiger partial charge < -0.3 is 5.32 Å². The highest BCUT2D eigenvalue weighted by atomic mass is 32.2. The van der Waals surface area contributed by atoms with Gasteiger partial charge in [-0.2, -0.15) is 0 Å². The number of benzene rings is 1. The molecule has 3 N–H and O–H groups in total. The summed E-state index contributed by atoms with van der Waals surface area (Å²) in [7, 11) is -7.80. The van der Waals surface area contributed by atoms with E-state index < -0.39 is 30.7 Å². The van der Waals surface area contributed by atoms with Crippen LogP contribution in [0, 0.1) is 0 Å². The number of amides is 1. The Morgan fingerprint density at radius 1 is 1.19 bits per heavy atom. The molecule has 9 heteroatoms. The van der Waals surface area contributed by atoms with E-state index in [0.717, 1.165) is 24.5 Å². The predicted molar refractivity (Wildman–Crippen MR) is 78.1 cm³/mol. The lowest BCUT2D eigenvalue weighted by Crippen LogP contribution is -2.32. The smallest absolute Gasteiger partial charge is 0.251 e. The summed E-state index contributed by atoms with van der Waals surface area (Å²) in [6, 6.07) is 2.99. The minimum Gasteiger partial charge on any atom is -0.350 e. The summed E-state index contributed by atoms with van der Waals surface area (Å²) in [4.78, 5) is 11.3. The molecular formula is C12H18N2O5S2. The Bertz CT molecular complexity index is 704. The molecule has 0 aliphatic carbocycles. The molecule has 1 rings (SSSR count). The van der Waals surface area contributed by atoms with E-state index >= 15 is 0 Å². The molecule has 0 heterocycles. The zero-order valence-electron chi connectivity index (χ0n) is 12.0. The number of hydrogen-bond acceptors (Lipinski definition) is 5. The van der Waals surface area contributed by atoms with Crippen LogP contribution in [0.1, 0.15) is 30.6 Å². The number of nitrogens with two attached hydrogens (primary N) is 1. The third kappa shape index (κ3) is 4.80. The quantitative estimate of drug-likeness (QED) is 0.799. The molecular weight excluding hydrogens is 316 g/mol. The summed E-state index contributed by atoms with van der Waals surface area (Å²) in [6.07, 6.45) is 1.60. The molecule has 1 aromatic rings. The number of primary sulfonamides is 1. The van der Waals surface area contributed by atoms with E-state index in [1.165, 1.54) is 0 Å². The van der Waals surface area contributed by atoms with Gasteiger partial charge in [0.25, 0.3) is 5.91 Å². The van der Waals surface area contributed by atoms with Crippen LogP contribution >= 0.6 is 0 Å². The van der Waals surface area contributed by atoms with Gasteiger partial charge in [0.15, 0.2) is 9.84 Å². The second-order valence-electron chi connectivity index (χ2n) is 4.79. The van der Waals surface area contributed by atoms with Crippen LogP contribution in [0.2, 0.25) is 0 Å². The van der Waals surface area contributed by atoms with Crippen LogP contribution in [-0.4, -0.2) is 35.0 Å². The number of sulfonamides is 1. The highest BCUT2D eigenvalue weighted by Crippen LogP contribution is 2.18. The molecule has 0 saturated carbocycles. The van der Waals surface area contributed by atoms with Gasteiger partial charge >= 0.3 is 0 Å². The first kappa shape index (κ1) is 17.6. The fourth-order valence-electron chi connectivity index (χ4n) is 1.49. The first-order chi connectivity index (χ1) is 9.45. The molecule has 1 atom stereocenters. The number of hydrogen-bond donors (Lipinski definition) is 2. The van der Waals surface area contributed by atoms with Gasteiger partial charge in [0, 0.05) is 17.9 Å². The Labute approximate surface area is 124 Å². The average molecular weight is 334 g/mol. The second kappa shape index (κ2) is 6.12. The summed E-state index contributed by atoms with van der Waals surface area (Å²) in [5, 5.41) is 7.64. The summed E-state index contributed by atoms with van der Waals surface area (Å²) < 4.78 is 46.0. The van der Waals surface area contributed by atoms with Crippen molar-refractivity contribution in [1.82, 2.24) is 5.32 Å². The standard InChI is InChI=1S/C12H18N2O5S2/c1-4-8(2)14-12(15)9-5-10(20(3,16)17)7-11(6-9)21(13,18)19/h5-8H,4H2,1-3H3,(H,14,15)(H2,13,18,19). The van der Waals surface area contributed by atoms with Crippen LogP contribution in [0.15, 0.2) is 28.0 Å². The van der Waals surface area contributed by atoms with Crippen molar-refractivity contribution in [3.8, 4) is 0 Å². The lowest BCUT2D eigenvalue weighted by atomic mass is 10.2. The van der Waals surface area contributed by atoms with Gasteiger partial charge in [0.05, 0.1) is 9.79 Å². The van der Waals surface area contributed by atoms with E-state index in [1.54, 1.807) is 6.92 Å². The van der Waals surface area contributed by atoms with Crippen LogP contribution in [0.5, 0.6) is 0 Å². The van der Waals surface area contributed by atoms with Gasteiger partial charge in [-0.3, -0.25) is 4.79 Å². The number of carbonyl (C=O) groups excluding carboxylic acids is 1. The lowest BCUT2D eigenvalue weighted by Gasteiger charge is -2.12. The molecule has 1 amide bonds. The molecule has 0 saturated heterocycles. The van der Waals surface area contributed by atoms with E-state index in [1.807, 2.05) is 6.92 Å². The highest BCUT2D eigenvalue weighted by molar-refractivity contribution is 7.91. The van der Waals surface area contributed by atoms with E-state index in [9.17, 15) is 21.6 Å². The minimum absolute atomic E-state index is 0.0674. The Morgan fingerprint density at radius 3 is 2.14 bits per heavy atom. The van der Waals surface area contributed by atoms with Gasteiger partial charge in [0.2, 0.25) is 10.0 Å². The fraction of sp³-hybridized carbons (Fsp3) is 0.417. The monoisotopic (exact) mass is 334 g/mol. The summed E-state index contributed by atoms with van der Waals surface area (Å²) >= 11 is 0. The maximum Gasteiger partial charge on any atom is 0.251 e. The molecule has 0 aliphatic heterocycles. The molecule has 0 spiro atoms. The largest absolute Gasteiger partial charge is 0.350 e. The third-order valence-electron chi connectivity index (χ3n) is 2.89. The summed E-state index contributed by atoms with van der Waals surface area (Å²) in [5.74, 6) is -0.556. The average Bonchev–Trinajstić information content (AvgIpc) is 2.35. The Morgan fingerprint density at radius 2 is 1.71 bits per heavy atom. The highest BCUT2D eigenvalue weighted by Gasteiger charge is 2.19. The van der Waals surface area contributed by atoms with Crippen LogP contribution in [0.3, 0.4) is 0 Å². The zero-order chi connectivity index (χ0) is 16.4. The molecule has 0 aromatic heterocycles. The van der Waals surface area contributed by atoms with Gasteiger partial charge in [0.1, 0.15) is 0 Å². The number of rotatable bonds is 5. The van der Waals surface area contributed by atoms with Gasteiger partial charge in [-0.25, -0.2) is 22.0 Å². The molecule has 21 heavy (non-hydrogen) atoms. The number of carbonyl (C=O) groups is 1. The first-order valence-corrected chi connectivity index (χ1v) is 9.57. The van der Waals surface area contributed by atoms with Crippen LogP contribution in [-0.2, 0) is 19.9 Å². The van der Waals surface area contributed by atoms with E-state index in [-0.39, 0.29) is 16.5 Å². The van der Waals surface area contributed by atoms with E-state index in [4.69, 9.17) is 5.14 Å². The first-order valence-electron chi connectivity index (χ1n) is 6.14. The van der Waals surface area contributed by atoms with Crippen LogP contribution in [0.25, 0.3) is 0 Å². The predicted octanol–water partition coefficient (Wildman–Crippen LogP) is 0.266. The molecule has 0 bridgehead atoms. The van der Waals surface area contributed by atoms with Crippen molar-refractivity contribution in [2.75, 3.05) is 6.26 Å². The molecule has 1 aromatic carbocycles. The van der Waals surface area contributed by atoms with Crippen molar-refractivity contribution in [3.05, 3.63) is 23.8 Å². The van der Waals surface area contributed by atoms with Crippen molar-refractivity contribution in [3.63, 3.8) is 0 Å². The van der Waals surface area contributed by atoms with Crippen molar-refractivity contribution in [2.45, 2.75) is 36.1 Å². The topological polar surface area (TPSA) is 123 Å². The number of nitrogens with one attached hydrogen (secondary N) is 1. The molecule has 0 fully saturated rings. The van der Waals surface area contributed by atoms with E-state index in [2.05, 4.69) is 5.32 Å². The second-order valence-corrected chi connectivity index (χ2v) is 8.37. The Kier molecular flexibility index (Phi) is 5.13. The summed E-state index contributed by atoms with van der Waals surface area (Å²) in [6.45, 7) is 3.65. The van der Waals surface area contributed by atoms with Gasteiger partial charge in [-0.1, -0.05) is 6.92 Å². The minimum atomic E-state index is -4.12. The van der Waals surface area contributed by atoms with Crippen LogP contribution in [0.4, 0.5) is 0 Å². The summed E-state index contributed by atoms with van der Waals surface area (Å²) in [5.41, 5.74) is -0.0674. The zero-order valence-corrected chi connectivity index (χ0v) is 13.6. The molecule has 0 radical (unpaired) electrons. The lowest BCUT2D eigenvalue weighted by molar-refractivity contribution is 0.0939. The van der Waals surface area contributed by atoms with Crippen molar-refractivity contribution in [2.24, 2.45) is 5.14 Å². The Hall–Kier alpha value is -1.45. The normalized spacial score (nSPS) is 13.7. The molecule has 1 unspecified atom stereocenters. The van der Waals surface area contributed by atoms with E-state index in [0.29, 0.717) is 6.42 Å². The third-order valence-corrected chi connectivity index (χ3v) is 4.87. The van der Waals surface area contributed by atoms with Crippen molar-refractivity contribution >= 4 is 25.8 Å². The fourth-order valence-corrected chi connectivity index (χ4v) is 2.83. The van der Waals surface area contributed by atoms with Crippen LogP contribution < -0.4 is 10.5 Å². The molecule has 118 valence electrons. The van der Waals surface area contributed by atoms with Gasteiger partial charge in [-0.05, 0) is 31.5 Å².